The SMILES string of the molecule is CN=C(NCCS(=O)(=O)N1CCSCC1)NC(C)c1ccc(C)o1. The van der Waals surface area contributed by atoms with Gasteiger partial charge in [0.2, 0.25) is 10.0 Å². The first-order valence-electron chi connectivity index (χ1n) is 8.01. The van der Waals surface area contributed by atoms with Crippen molar-refractivity contribution in [2.45, 2.75) is 19.9 Å². The van der Waals surface area contributed by atoms with Crippen LogP contribution in [-0.2, 0) is 10.0 Å². The zero-order chi connectivity index (χ0) is 17.6. The third-order valence-electron chi connectivity index (χ3n) is 3.78. The monoisotopic (exact) mass is 374 g/mol. The van der Waals surface area contributed by atoms with Crippen LogP contribution < -0.4 is 10.6 Å². The molecule has 0 amide bonds. The lowest BCUT2D eigenvalue weighted by Gasteiger charge is -2.25. The molecule has 0 saturated carbocycles. The number of furan rings is 1. The van der Waals surface area contributed by atoms with Gasteiger partial charge in [0.05, 0.1) is 11.8 Å². The van der Waals surface area contributed by atoms with Gasteiger partial charge in [0.15, 0.2) is 5.96 Å². The molecule has 0 aromatic carbocycles. The Morgan fingerprint density at radius 3 is 2.71 bits per heavy atom. The molecule has 0 bridgehead atoms. The van der Waals surface area contributed by atoms with E-state index in [0.29, 0.717) is 25.6 Å². The lowest BCUT2D eigenvalue weighted by molar-refractivity contribution is 0.439. The van der Waals surface area contributed by atoms with Gasteiger partial charge in [-0.05, 0) is 26.0 Å². The van der Waals surface area contributed by atoms with Gasteiger partial charge in [0.1, 0.15) is 11.5 Å². The van der Waals surface area contributed by atoms with Crippen LogP contribution in [0.2, 0.25) is 0 Å². The molecule has 1 aromatic rings. The average molecular weight is 375 g/mol. The number of thioether (sulfide) groups is 1. The van der Waals surface area contributed by atoms with Gasteiger partial charge in [-0.15, -0.1) is 0 Å². The largest absolute Gasteiger partial charge is 0.464 e. The Labute approximate surface area is 148 Å². The Bertz CT molecular complexity index is 651. The van der Waals surface area contributed by atoms with Crippen LogP contribution in [0.5, 0.6) is 0 Å². The maximum Gasteiger partial charge on any atom is 0.215 e. The van der Waals surface area contributed by atoms with Gasteiger partial charge in [-0.3, -0.25) is 4.99 Å². The topological polar surface area (TPSA) is 86.9 Å². The molecule has 2 N–H and O–H groups in total. The van der Waals surface area contributed by atoms with Crippen LogP contribution in [-0.4, -0.2) is 62.6 Å². The third kappa shape index (κ3) is 5.42. The van der Waals surface area contributed by atoms with E-state index in [1.807, 2.05) is 26.0 Å². The molecule has 9 heteroatoms. The number of rotatable bonds is 6. The molecule has 1 atom stereocenters. The standard InChI is InChI=1S/C15H26N4O3S2/c1-12-4-5-14(22-12)13(2)18-15(16-3)17-6-11-24(20,21)19-7-9-23-10-8-19/h4-5,13H,6-11H2,1-3H3,(H2,16,17,18). The summed E-state index contributed by atoms with van der Waals surface area (Å²) in [5, 5.41) is 6.25. The molecule has 24 heavy (non-hydrogen) atoms. The highest BCUT2D eigenvalue weighted by molar-refractivity contribution is 7.99. The predicted molar refractivity (Wildman–Crippen MR) is 99.0 cm³/mol. The second-order valence-electron chi connectivity index (χ2n) is 5.64. The van der Waals surface area contributed by atoms with Gasteiger partial charge < -0.3 is 15.1 Å². The van der Waals surface area contributed by atoms with Crippen LogP contribution in [0.1, 0.15) is 24.5 Å². The maximum atomic E-state index is 12.3. The van der Waals surface area contributed by atoms with Crippen molar-refractivity contribution in [3.05, 3.63) is 23.7 Å². The predicted octanol–water partition coefficient (Wildman–Crippen LogP) is 1.19. The van der Waals surface area contributed by atoms with E-state index in [2.05, 4.69) is 15.6 Å². The lowest BCUT2D eigenvalue weighted by Crippen LogP contribution is -2.44. The Morgan fingerprint density at radius 2 is 2.12 bits per heavy atom. The van der Waals surface area contributed by atoms with E-state index in [1.54, 1.807) is 23.1 Å². The zero-order valence-corrected chi connectivity index (χ0v) is 16.0. The molecule has 0 radical (unpaired) electrons. The first-order chi connectivity index (χ1) is 11.4. The van der Waals surface area contributed by atoms with E-state index in [0.717, 1.165) is 23.0 Å². The number of guanidine groups is 1. The fourth-order valence-electron chi connectivity index (χ4n) is 2.41. The smallest absolute Gasteiger partial charge is 0.215 e. The molecule has 1 aliphatic heterocycles. The first-order valence-corrected chi connectivity index (χ1v) is 10.8. The number of nitrogens with zero attached hydrogens (tertiary/aromatic N) is 2. The molecule has 7 nitrogen and oxygen atoms in total. The number of aliphatic imine (C=N–C) groups is 1. The average Bonchev–Trinajstić information content (AvgIpc) is 3.01. The van der Waals surface area contributed by atoms with Crippen molar-refractivity contribution >= 4 is 27.7 Å². The molecular formula is C15H26N4O3S2. The summed E-state index contributed by atoms with van der Waals surface area (Å²) in [5.74, 6) is 4.03. The summed E-state index contributed by atoms with van der Waals surface area (Å²) < 4.78 is 31.8. The van der Waals surface area contributed by atoms with E-state index >= 15 is 0 Å². The number of sulfonamides is 1. The molecule has 1 unspecified atom stereocenters. The fraction of sp³-hybridized carbons (Fsp3) is 0.667. The van der Waals surface area contributed by atoms with Crippen molar-refractivity contribution in [3.63, 3.8) is 0 Å². The molecule has 1 fully saturated rings. The summed E-state index contributed by atoms with van der Waals surface area (Å²) in [7, 11) is -1.55. The number of hydrogen-bond acceptors (Lipinski definition) is 5. The van der Waals surface area contributed by atoms with E-state index in [9.17, 15) is 8.42 Å². The molecule has 2 rings (SSSR count). The van der Waals surface area contributed by atoms with Gasteiger partial charge in [-0.1, -0.05) is 0 Å². The van der Waals surface area contributed by atoms with Gasteiger partial charge in [-0.25, -0.2) is 12.7 Å². The Kier molecular flexibility index (Phi) is 7.00. The Balaban J connectivity index is 1.81. The van der Waals surface area contributed by atoms with Gasteiger partial charge in [0.25, 0.3) is 0 Å². The summed E-state index contributed by atoms with van der Waals surface area (Å²) in [5.41, 5.74) is 0. The minimum absolute atomic E-state index is 0.0550. The quantitative estimate of drug-likeness (QED) is 0.575. The Morgan fingerprint density at radius 1 is 1.42 bits per heavy atom. The maximum absolute atomic E-state index is 12.3. The van der Waals surface area contributed by atoms with E-state index in [-0.39, 0.29) is 11.8 Å². The molecular weight excluding hydrogens is 348 g/mol. The van der Waals surface area contributed by atoms with Crippen LogP contribution >= 0.6 is 11.8 Å². The first kappa shape index (κ1) is 19.1. The molecule has 2 heterocycles. The lowest BCUT2D eigenvalue weighted by atomic mass is 10.2. The number of aryl methyl sites for hydroxylation is 1. The normalized spacial score (nSPS) is 18.4. The van der Waals surface area contributed by atoms with Crippen molar-refractivity contribution in [3.8, 4) is 0 Å². The highest BCUT2D eigenvalue weighted by Crippen LogP contribution is 2.15. The summed E-state index contributed by atoms with van der Waals surface area (Å²) >= 11 is 1.79. The molecule has 1 aromatic heterocycles. The van der Waals surface area contributed by atoms with Crippen LogP contribution in [0, 0.1) is 6.92 Å². The summed E-state index contributed by atoms with van der Waals surface area (Å²) in [6, 6.07) is 3.77. The number of nitrogens with one attached hydrogen (secondary N) is 2. The van der Waals surface area contributed by atoms with Crippen LogP contribution in [0.25, 0.3) is 0 Å². The van der Waals surface area contributed by atoms with Crippen molar-refractivity contribution < 1.29 is 12.8 Å². The summed E-state index contributed by atoms with van der Waals surface area (Å²) in [6.45, 7) is 5.39. The second kappa shape index (κ2) is 8.77. The van der Waals surface area contributed by atoms with Crippen molar-refractivity contribution in [2.75, 3.05) is 43.9 Å². The summed E-state index contributed by atoms with van der Waals surface area (Å²) in [4.78, 5) is 4.13. The van der Waals surface area contributed by atoms with Crippen LogP contribution in [0.15, 0.2) is 21.5 Å². The highest BCUT2D eigenvalue weighted by atomic mass is 32.2. The molecule has 0 spiro atoms. The van der Waals surface area contributed by atoms with E-state index in [4.69, 9.17) is 4.42 Å². The Hall–Kier alpha value is -1.19. The fourth-order valence-corrected chi connectivity index (χ4v) is 4.90. The van der Waals surface area contributed by atoms with Crippen LogP contribution in [0.4, 0.5) is 0 Å². The van der Waals surface area contributed by atoms with Gasteiger partial charge >= 0.3 is 0 Å². The molecule has 136 valence electrons. The van der Waals surface area contributed by atoms with Crippen molar-refractivity contribution in [1.29, 1.82) is 0 Å². The summed E-state index contributed by atoms with van der Waals surface area (Å²) in [6.07, 6.45) is 0. The second-order valence-corrected chi connectivity index (χ2v) is 8.95. The van der Waals surface area contributed by atoms with Gasteiger partial charge in [0, 0.05) is 38.2 Å². The minimum atomic E-state index is -3.21. The van der Waals surface area contributed by atoms with Crippen LogP contribution in [0.3, 0.4) is 0 Å². The zero-order valence-electron chi connectivity index (χ0n) is 14.4. The van der Waals surface area contributed by atoms with Crippen molar-refractivity contribution in [1.82, 2.24) is 14.9 Å². The minimum Gasteiger partial charge on any atom is -0.464 e. The molecule has 0 aliphatic carbocycles. The molecule has 1 saturated heterocycles. The molecule has 1 aliphatic rings. The van der Waals surface area contributed by atoms with E-state index < -0.39 is 10.0 Å². The van der Waals surface area contributed by atoms with Crippen molar-refractivity contribution in [2.24, 2.45) is 4.99 Å². The number of hydrogen-bond donors (Lipinski definition) is 2. The van der Waals surface area contributed by atoms with E-state index in [1.165, 1.54) is 0 Å². The highest BCUT2D eigenvalue weighted by Gasteiger charge is 2.23. The van der Waals surface area contributed by atoms with Gasteiger partial charge in [-0.2, -0.15) is 11.8 Å². The third-order valence-corrected chi connectivity index (χ3v) is 6.60.